The number of benzene rings is 1. The highest BCUT2D eigenvalue weighted by Gasteiger charge is 2.17. The van der Waals surface area contributed by atoms with Crippen LogP contribution < -0.4 is 14.8 Å². The quantitative estimate of drug-likeness (QED) is 0.565. The third kappa shape index (κ3) is 6.24. The highest BCUT2D eigenvalue weighted by atomic mass is 16.5. The van der Waals surface area contributed by atoms with Crippen LogP contribution >= 0.6 is 0 Å². The Morgan fingerprint density at radius 2 is 1.65 bits per heavy atom. The number of carbonyl (C=O) groups is 2. The second-order valence-electron chi connectivity index (χ2n) is 6.36. The van der Waals surface area contributed by atoms with E-state index in [4.69, 9.17) is 14.2 Å². The Labute approximate surface area is 155 Å². The Morgan fingerprint density at radius 3 is 2.31 bits per heavy atom. The van der Waals surface area contributed by atoms with Gasteiger partial charge in [0.15, 0.2) is 18.1 Å². The first-order valence-electron chi connectivity index (χ1n) is 9.50. The maximum atomic E-state index is 12.2. The van der Waals surface area contributed by atoms with E-state index in [-0.39, 0.29) is 18.6 Å². The number of hydrogen-bond donors (Lipinski definition) is 1. The summed E-state index contributed by atoms with van der Waals surface area (Å²) in [5.41, 5.74) is 0.333. The molecule has 1 N–H and O–H groups in total. The van der Waals surface area contributed by atoms with Gasteiger partial charge in [-0.05, 0) is 44.9 Å². The molecule has 1 amide bonds. The van der Waals surface area contributed by atoms with Crippen molar-refractivity contribution in [3.63, 3.8) is 0 Å². The number of ether oxygens (including phenoxy) is 3. The lowest BCUT2D eigenvalue weighted by atomic mass is 10.1. The van der Waals surface area contributed by atoms with Crippen molar-refractivity contribution in [1.82, 2.24) is 5.32 Å². The second kappa shape index (κ2) is 10.7. The van der Waals surface area contributed by atoms with Gasteiger partial charge in [0.05, 0.1) is 18.8 Å². The fourth-order valence-corrected chi connectivity index (χ4v) is 3.09. The summed E-state index contributed by atoms with van der Waals surface area (Å²) >= 11 is 0. The van der Waals surface area contributed by atoms with Crippen LogP contribution in [0.2, 0.25) is 0 Å². The van der Waals surface area contributed by atoms with E-state index in [1.807, 2.05) is 13.8 Å². The molecule has 0 aliphatic heterocycles. The fraction of sp³-hybridized carbons (Fsp3) is 0.600. The topological polar surface area (TPSA) is 73.9 Å². The van der Waals surface area contributed by atoms with Crippen LogP contribution in [0.25, 0.3) is 0 Å². The fourth-order valence-electron chi connectivity index (χ4n) is 3.09. The molecular formula is C20H29NO5. The first-order chi connectivity index (χ1) is 12.6. The van der Waals surface area contributed by atoms with Gasteiger partial charge in [-0.15, -0.1) is 0 Å². The van der Waals surface area contributed by atoms with Crippen LogP contribution in [0.15, 0.2) is 18.2 Å². The lowest BCUT2D eigenvalue weighted by molar-refractivity contribution is -0.125. The first kappa shape index (κ1) is 20.1. The maximum Gasteiger partial charge on any atom is 0.338 e. The second-order valence-corrected chi connectivity index (χ2v) is 6.36. The van der Waals surface area contributed by atoms with Crippen LogP contribution in [-0.4, -0.2) is 37.7 Å². The van der Waals surface area contributed by atoms with Gasteiger partial charge in [0.2, 0.25) is 0 Å². The third-order valence-electron chi connectivity index (χ3n) is 4.33. The SMILES string of the molecule is CCOc1ccc(C(=O)OCC(=O)NC2CCCCCC2)cc1OCC. The van der Waals surface area contributed by atoms with E-state index >= 15 is 0 Å². The first-order valence-corrected chi connectivity index (χ1v) is 9.50. The average Bonchev–Trinajstić information content (AvgIpc) is 2.90. The third-order valence-corrected chi connectivity index (χ3v) is 4.33. The molecule has 0 heterocycles. The standard InChI is InChI=1S/C20H29NO5/c1-3-24-17-12-11-15(13-18(17)25-4-2)20(23)26-14-19(22)21-16-9-7-5-6-8-10-16/h11-13,16H,3-10,14H2,1-2H3,(H,21,22). The number of esters is 1. The van der Waals surface area contributed by atoms with Crippen molar-refractivity contribution < 1.29 is 23.8 Å². The monoisotopic (exact) mass is 363 g/mol. The summed E-state index contributed by atoms with van der Waals surface area (Å²) < 4.78 is 16.1. The predicted molar refractivity (Wildman–Crippen MR) is 98.7 cm³/mol. The van der Waals surface area contributed by atoms with Gasteiger partial charge in [-0.2, -0.15) is 0 Å². The minimum absolute atomic E-state index is 0.193. The van der Waals surface area contributed by atoms with E-state index in [0.717, 1.165) is 25.7 Å². The van der Waals surface area contributed by atoms with Crippen molar-refractivity contribution in [2.24, 2.45) is 0 Å². The van der Waals surface area contributed by atoms with Crippen molar-refractivity contribution in [2.75, 3.05) is 19.8 Å². The van der Waals surface area contributed by atoms with Crippen molar-refractivity contribution in [3.05, 3.63) is 23.8 Å². The number of nitrogens with one attached hydrogen (secondary N) is 1. The van der Waals surface area contributed by atoms with Gasteiger partial charge in [0, 0.05) is 6.04 Å². The predicted octanol–water partition coefficient (Wildman–Crippen LogP) is 3.48. The summed E-state index contributed by atoms with van der Waals surface area (Å²) in [7, 11) is 0. The highest BCUT2D eigenvalue weighted by molar-refractivity contribution is 5.92. The maximum absolute atomic E-state index is 12.2. The molecule has 0 spiro atoms. The molecule has 1 aliphatic rings. The van der Waals surface area contributed by atoms with Crippen LogP contribution in [0.1, 0.15) is 62.7 Å². The van der Waals surface area contributed by atoms with E-state index in [2.05, 4.69) is 5.32 Å². The smallest absolute Gasteiger partial charge is 0.338 e. The molecule has 0 saturated heterocycles. The molecule has 26 heavy (non-hydrogen) atoms. The number of carbonyl (C=O) groups excluding carboxylic acids is 2. The Bertz CT molecular complexity index is 594. The van der Waals surface area contributed by atoms with E-state index in [9.17, 15) is 9.59 Å². The molecule has 6 heteroatoms. The molecular weight excluding hydrogens is 334 g/mol. The molecule has 6 nitrogen and oxygen atoms in total. The zero-order valence-corrected chi connectivity index (χ0v) is 15.7. The van der Waals surface area contributed by atoms with Gasteiger partial charge < -0.3 is 19.5 Å². The molecule has 0 unspecified atom stereocenters. The molecule has 0 radical (unpaired) electrons. The van der Waals surface area contributed by atoms with Crippen molar-refractivity contribution in [1.29, 1.82) is 0 Å². The van der Waals surface area contributed by atoms with Crippen molar-refractivity contribution >= 4 is 11.9 Å². The van der Waals surface area contributed by atoms with Gasteiger partial charge in [0.25, 0.3) is 5.91 Å². The molecule has 144 valence electrons. The van der Waals surface area contributed by atoms with Crippen LogP contribution in [0.5, 0.6) is 11.5 Å². The van der Waals surface area contributed by atoms with Crippen LogP contribution in [0, 0.1) is 0 Å². The summed E-state index contributed by atoms with van der Waals surface area (Å²) in [5.74, 6) is 0.273. The van der Waals surface area contributed by atoms with Crippen molar-refractivity contribution in [3.8, 4) is 11.5 Å². The van der Waals surface area contributed by atoms with E-state index in [1.54, 1.807) is 18.2 Å². The van der Waals surface area contributed by atoms with E-state index in [0.29, 0.717) is 30.3 Å². The summed E-state index contributed by atoms with van der Waals surface area (Å²) in [4.78, 5) is 24.3. The summed E-state index contributed by atoms with van der Waals surface area (Å²) in [6, 6.07) is 5.06. The molecule has 1 aromatic rings. The Morgan fingerprint density at radius 1 is 1.00 bits per heavy atom. The van der Waals surface area contributed by atoms with E-state index in [1.165, 1.54) is 12.8 Å². The summed E-state index contributed by atoms with van der Waals surface area (Å²) in [6.07, 6.45) is 6.71. The van der Waals surface area contributed by atoms with Crippen molar-refractivity contribution in [2.45, 2.75) is 58.4 Å². The number of rotatable bonds is 8. The lowest BCUT2D eigenvalue weighted by Crippen LogP contribution is -2.37. The minimum atomic E-state index is -0.551. The Balaban J connectivity index is 1.88. The number of amides is 1. The Kier molecular flexibility index (Phi) is 8.25. The Hall–Kier alpha value is -2.24. The van der Waals surface area contributed by atoms with Crippen LogP contribution in [-0.2, 0) is 9.53 Å². The summed E-state index contributed by atoms with van der Waals surface area (Å²) in [5, 5.41) is 2.96. The van der Waals surface area contributed by atoms with Crippen LogP contribution in [0.3, 0.4) is 0 Å². The number of hydrogen-bond acceptors (Lipinski definition) is 5. The molecule has 1 aromatic carbocycles. The molecule has 1 fully saturated rings. The molecule has 1 aliphatic carbocycles. The normalized spacial score (nSPS) is 15.0. The molecule has 0 bridgehead atoms. The largest absolute Gasteiger partial charge is 0.490 e. The lowest BCUT2D eigenvalue weighted by Gasteiger charge is -2.16. The van der Waals surface area contributed by atoms with E-state index < -0.39 is 5.97 Å². The molecule has 1 saturated carbocycles. The van der Waals surface area contributed by atoms with Gasteiger partial charge >= 0.3 is 5.97 Å². The molecule has 2 rings (SSSR count). The van der Waals surface area contributed by atoms with Crippen LogP contribution in [0.4, 0.5) is 0 Å². The van der Waals surface area contributed by atoms with Gasteiger partial charge in [-0.3, -0.25) is 4.79 Å². The van der Waals surface area contributed by atoms with Gasteiger partial charge in [-0.1, -0.05) is 25.7 Å². The molecule has 0 aromatic heterocycles. The molecule has 0 atom stereocenters. The zero-order chi connectivity index (χ0) is 18.8. The minimum Gasteiger partial charge on any atom is -0.490 e. The zero-order valence-electron chi connectivity index (χ0n) is 15.7. The van der Waals surface area contributed by atoms with Gasteiger partial charge in [0.1, 0.15) is 0 Å². The van der Waals surface area contributed by atoms with Gasteiger partial charge in [-0.25, -0.2) is 4.79 Å². The highest BCUT2D eigenvalue weighted by Crippen LogP contribution is 2.28. The average molecular weight is 363 g/mol. The summed E-state index contributed by atoms with van der Waals surface area (Å²) in [6.45, 7) is 4.43.